The standard InChI is InChI=1S/C19H20N2O6/c1-13-7-9-15(11-16(13)21(24)25)20-18(22)12-27-19(23)10-8-14-5-3-4-6-17(14)26-2/h3-7,9,11H,8,10,12H2,1-2H3,(H,20,22). The van der Waals surface area contributed by atoms with Crippen LogP contribution in [0.2, 0.25) is 0 Å². The fourth-order valence-corrected chi connectivity index (χ4v) is 2.45. The number of esters is 1. The molecule has 2 aromatic rings. The molecule has 0 atom stereocenters. The minimum Gasteiger partial charge on any atom is -0.496 e. The lowest BCUT2D eigenvalue weighted by Gasteiger charge is -2.09. The van der Waals surface area contributed by atoms with Gasteiger partial charge in [-0.2, -0.15) is 0 Å². The number of nitrogens with one attached hydrogen (secondary N) is 1. The minimum atomic E-state index is -0.571. The third-order valence-corrected chi connectivity index (χ3v) is 3.84. The van der Waals surface area contributed by atoms with Crippen LogP contribution in [0.15, 0.2) is 42.5 Å². The lowest BCUT2D eigenvalue weighted by molar-refractivity contribution is -0.385. The minimum absolute atomic E-state index is 0.0957. The second-order valence-corrected chi connectivity index (χ2v) is 5.78. The van der Waals surface area contributed by atoms with Gasteiger partial charge in [0.05, 0.1) is 12.0 Å². The molecular formula is C19H20N2O6. The number of carbonyl (C=O) groups excluding carboxylic acids is 2. The maximum atomic E-state index is 11.9. The molecule has 142 valence electrons. The van der Waals surface area contributed by atoms with Gasteiger partial charge in [-0.25, -0.2) is 0 Å². The number of nitrogens with zero attached hydrogens (tertiary/aromatic N) is 1. The van der Waals surface area contributed by atoms with E-state index in [9.17, 15) is 19.7 Å². The summed E-state index contributed by atoms with van der Waals surface area (Å²) >= 11 is 0. The van der Waals surface area contributed by atoms with Crippen LogP contribution in [0.4, 0.5) is 11.4 Å². The third kappa shape index (κ3) is 5.81. The number of methoxy groups -OCH3 is 1. The Kier molecular flexibility index (Phi) is 6.87. The highest BCUT2D eigenvalue weighted by molar-refractivity contribution is 5.93. The van der Waals surface area contributed by atoms with Gasteiger partial charge in [-0.15, -0.1) is 0 Å². The first-order chi connectivity index (χ1) is 12.9. The third-order valence-electron chi connectivity index (χ3n) is 3.84. The monoisotopic (exact) mass is 372 g/mol. The fraction of sp³-hybridized carbons (Fsp3) is 0.263. The van der Waals surface area contributed by atoms with Crippen molar-refractivity contribution in [2.45, 2.75) is 19.8 Å². The van der Waals surface area contributed by atoms with Crippen molar-refractivity contribution in [1.82, 2.24) is 0 Å². The summed E-state index contributed by atoms with van der Waals surface area (Å²) in [5.74, 6) is -0.409. The highest BCUT2D eigenvalue weighted by Gasteiger charge is 2.14. The maximum absolute atomic E-state index is 11.9. The van der Waals surface area contributed by atoms with Crippen molar-refractivity contribution in [3.05, 3.63) is 63.7 Å². The van der Waals surface area contributed by atoms with Gasteiger partial charge in [-0.3, -0.25) is 19.7 Å². The molecule has 27 heavy (non-hydrogen) atoms. The number of anilines is 1. The lowest BCUT2D eigenvalue weighted by Crippen LogP contribution is -2.21. The van der Waals surface area contributed by atoms with E-state index in [1.807, 2.05) is 18.2 Å². The Morgan fingerprint density at radius 1 is 1.19 bits per heavy atom. The van der Waals surface area contributed by atoms with Gasteiger partial charge in [0, 0.05) is 23.7 Å². The van der Waals surface area contributed by atoms with Crippen LogP contribution in [-0.2, 0) is 20.7 Å². The lowest BCUT2D eigenvalue weighted by atomic mass is 10.1. The number of aryl methyl sites for hydroxylation is 2. The molecule has 1 amide bonds. The number of hydrogen-bond donors (Lipinski definition) is 1. The molecule has 0 heterocycles. The maximum Gasteiger partial charge on any atom is 0.306 e. The first kappa shape index (κ1) is 19.9. The predicted molar refractivity (Wildman–Crippen MR) is 98.7 cm³/mol. The van der Waals surface area contributed by atoms with Crippen LogP contribution in [0.5, 0.6) is 5.75 Å². The topological polar surface area (TPSA) is 108 Å². The first-order valence-electron chi connectivity index (χ1n) is 8.23. The molecule has 0 spiro atoms. The molecule has 0 aromatic heterocycles. The Morgan fingerprint density at radius 3 is 2.63 bits per heavy atom. The zero-order valence-corrected chi connectivity index (χ0v) is 15.1. The Morgan fingerprint density at radius 2 is 1.93 bits per heavy atom. The summed E-state index contributed by atoms with van der Waals surface area (Å²) in [6.45, 7) is 1.14. The van der Waals surface area contributed by atoms with Gasteiger partial charge < -0.3 is 14.8 Å². The summed E-state index contributed by atoms with van der Waals surface area (Å²) < 4.78 is 10.2. The zero-order valence-electron chi connectivity index (χ0n) is 15.1. The Balaban J connectivity index is 1.82. The summed E-state index contributed by atoms with van der Waals surface area (Å²) in [5.41, 5.74) is 1.53. The molecule has 0 aliphatic carbocycles. The van der Waals surface area contributed by atoms with Crippen LogP contribution < -0.4 is 10.1 Å². The van der Waals surface area contributed by atoms with Gasteiger partial charge in [-0.1, -0.05) is 24.3 Å². The largest absolute Gasteiger partial charge is 0.496 e. The van der Waals surface area contributed by atoms with Crippen LogP contribution in [0.25, 0.3) is 0 Å². The molecule has 0 aliphatic heterocycles. The quantitative estimate of drug-likeness (QED) is 0.433. The Labute approximate surface area is 156 Å². The second kappa shape index (κ2) is 9.33. The normalized spacial score (nSPS) is 10.1. The number of nitro groups is 1. The highest BCUT2D eigenvalue weighted by atomic mass is 16.6. The van der Waals surface area contributed by atoms with E-state index in [0.717, 1.165) is 5.56 Å². The number of hydrogen-bond acceptors (Lipinski definition) is 6. The van der Waals surface area contributed by atoms with Crippen molar-refractivity contribution >= 4 is 23.3 Å². The van der Waals surface area contributed by atoms with E-state index >= 15 is 0 Å². The summed E-state index contributed by atoms with van der Waals surface area (Å²) in [4.78, 5) is 34.1. The highest BCUT2D eigenvalue weighted by Crippen LogP contribution is 2.22. The molecule has 2 rings (SSSR count). The van der Waals surface area contributed by atoms with Crippen molar-refractivity contribution in [2.24, 2.45) is 0 Å². The molecule has 8 nitrogen and oxygen atoms in total. The molecule has 0 aliphatic rings. The van der Waals surface area contributed by atoms with E-state index < -0.39 is 23.4 Å². The number of amides is 1. The SMILES string of the molecule is COc1ccccc1CCC(=O)OCC(=O)Nc1ccc(C)c([N+](=O)[O-])c1. The Bertz CT molecular complexity index is 850. The Hall–Kier alpha value is -3.42. The van der Waals surface area contributed by atoms with Crippen molar-refractivity contribution < 1.29 is 24.0 Å². The van der Waals surface area contributed by atoms with Crippen LogP contribution in [0.1, 0.15) is 17.5 Å². The summed E-state index contributed by atoms with van der Waals surface area (Å²) in [5, 5.41) is 13.4. The molecule has 0 saturated carbocycles. The van der Waals surface area contributed by atoms with E-state index in [0.29, 0.717) is 17.7 Å². The van der Waals surface area contributed by atoms with E-state index in [2.05, 4.69) is 5.32 Å². The van der Waals surface area contributed by atoms with Crippen LogP contribution >= 0.6 is 0 Å². The fourth-order valence-electron chi connectivity index (χ4n) is 2.45. The van der Waals surface area contributed by atoms with Gasteiger partial charge in [0.15, 0.2) is 6.61 Å². The van der Waals surface area contributed by atoms with Gasteiger partial charge in [0.1, 0.15) is 5.75 Å². The molecule has 0 saturated heterocycles. The molecule has 2 aromatic carbocycles. The molecule has 0 bridgehead atoms. The molecule has 8 heteroatoms. The molecule has 0 radical (unpaired) electrons. The van der Waals surface area contributed by atoms with E-state index in [4.69, 9.17) is 9.47 Å². The first-order valence-corrected chi connectivity index (χ1v) is 8.23. The van der Waals surface area contributed by atoms with E-state index in [1.165, 1.54) is 12.1 Å². The second-order valence-electron chi connectivity index (χ2n) is 5.78. The average molecular weight is 372 g/mol. The molecular weight excluding hydrogens is 352 g/mol. The summed E-state index contributed by atoms with van der Waals surface area (Å²) in [7, 11) is 1.55. The zero-order chi connectivity index (χ0) is 19.8. The van der Waals surface area contributed by atoms with Gasteiger partial charge in [0.2, 0.25) is 0 Å². The van der Waals surface area contributed by atoms with Crippen LogP contribution in [-0.4, -0.2) is 30.5 Å². The number of rotatable bonds is 8. The van der Waals surface area contributed by atoms with E-state index in [1.54, 1.807) is 26.2 Å². The van der Waals surface area contributed by atoms with Crippen molar-refractivity contribution in [3.8, 4) is 5.75 Å². The van der Waals surface area contributed by atoms with Crippen molar-refractivity contribution in [2.75, 3.05) is 19.0 Å². The van der Waals surface area contributed by atoms with Crippen LogP contribution in [0.3, 0.4) is 0 Å². The predicted octanol–water partition coefficient (Wildman–Crippen LogP) is 3.03. The summed E-state index contributed by atoms with van der Waals surface area (Å²) in [6.07, 6.45) is 0.526. The molecule has 1 N–H and O–H groups in total. The average Bonchev–Trinajstić information content (AvgIpc) is 2.66. The van der Waals surface area contributed by atoms with Gasteiger partial charge >= 0.3 is 5.97 Å². The molecule has 0 fully saturated rings. The summed E-state index contributed by atoms with van der Waals surface area (Å²) in [6, 6.07) is 11.7. The molecule has 0 unspecified atom stereocenters. The van der Waals surface area contributed by atoms with Gasteiger partial charge in [-0.05, 0) is 31.0 Å². The van der Waals surface area contributed by atoms with Crippen LogP contribution in [0, 0.1) is 17.0 Å². The van der Waals surface area contributed by atoms with Crippen molar-refractivity contribution in [3.63, 3.8) is 0 Å². The van der Waals surface area contributed by atoms with E-state index in [-0.39, 0.29) is 17.8 Å². The number of para-hydroxylation sites is 1. The number of carbonyl (C=O) groups is 2. The number of benzene rings is 2. The van der Waals surface area contributed by atoms with Crippen molar-refractivity contribution in [1.29, 1.82) is 0 Å². The van der Waals surface area contributed by atoms with Gasteiger partial charge in [0.25, 0.3) is 11.6 Å². The number of nitro benzene ring substituents is 1. The number of ether oxygens (including phenoxy) is 2. The smallest absolute Gasteiger partial charge is 0.306 e.